The van der Waals surface area contributed by atoms with E-state index in [4.69, 9.17) is 26.2 Å². The molecule has 0 aliphatic carbocycles. The van der Waals surface area contributed by atoms with E-state index in [0.717, 1.165) is 16.9 Å². The molecule has 172 valence electrons. The zero-order valence-corrected chi connectivity index (χ0v) is 19.9. The second kappa shape index (κ2) is 11.5. The van der Waals surface area contributed by atoms with E-state index in [2.05, 4.69) is 18.7 Å². The van der Waals surface area contributed by atoms with Crippen molar-refractivity contribution in [3.63, 3.8) is 0 Å². The lowest BCUT2D eigenvalue weighted by molar-refractivity contribution is 0.0131. The molecule has 0 radical (unpaired) electrons. The van der Waals surface area contributed by atoms with Gasteiger partial charge in [0.25, 0.3) is 0 Å². The van der Waals surface area contributed by atoms with Crippen molar-refractivity contribution in [1.82, 2.24) is 14.7 Å². The fourth-order valence-electron chi connectivity index (χ4n) is 3.42. The van der Waals surface area contributed by atoms with Crippen LogP contribution in [0, 0.1) is 6.92 Å². The minimum atomic E-state index is -0.567. The van der Waals surface area contributed by atoms with Gasteiger partial charge in [-0.25, -0.2) is 4.68 Å². The summed E-state index contributed by atoms with van der Waals surface area (Å²) in [6.45, 7) is 10.1. The highest BCUT2D eigenvalue weighted by atomic mass is 35.5. The SMILES string of the molecule is CCOCC(O)CN(Cc1c(C)nn(-c2ccccc2)c1Oc1ccc(Cl)cc1)C(C)C. The van der Waals surface area contributed by atoms with Crippen LogP contribution in [0.1, 0.15) is 32.0 Å². The molecule has 7 heteroatoms. The molecule has 0 aliphatic rings. The number of aliphatic hydroxyl groups excluding tert-OH is 1. The number of para-hydroxylation sites is 1. The van der Waals surface area contributed by atoms with Crippen LogP contribution in [0.25, 0.3) is 5.69 Å². The molecule has 1 aromatic heterocycles. The first-order valence-corrected chi connectivity index (χ1v) is 11.3. The van der Waals surface area contributed by atoms with Crippen molar-refractivity contribution < 1.29 is 14.6 Å². The minimum Gasteiger partial charge on any atom is -0.439 e. The lowest BCUT2D eigenvalue weighted by Crippen LogP contribution is -2.39. The molecular weight excluding hydrogens is 426 g/mol. The number of nitrogens with zero attached hydrogens (tertiary/aromatic N) is 3. The fraction of sp³-hybridized carbons (Fsp3) is 0.400. The summed E-state index contributed by atoms with van der Waals surface area (Å²) in [5, 5.41) is 15.9. The van der Waals surface area contributed by atoms with Crippen molar-refractivity contribution >= 4 is 11.6 Å². The van der Waals surface area contributed by atoms with Crippen molar-refractivity contribution in [2.75, 3.05) is 19.8 Å². The average molecular weight is 458 g/mol. The summed E-state index contributed by atoms with van der Waals surface area (Å²) in [6.07, 6.45) is -0.567. The van der Waals surface area contributed by atoms with Crippen molar-refractivity contribution in [1.29, 1.82) is 0 Å². The largest absolute Gasteiger partial charge is 0.439 e. The molecule has 3 rings (SSSR count). The van der Waals surface area contributed by atoms with Gasteiger partial charge in [-0.05, 0) is 64.1 Å². The number of rotatable bonds is 11. The summed E-state index contributed by atoms with van der Waals surface area (Å²) in [5.74, 6) is 1.33. The third-order valence-corrected chi connectivity index (χ3v) is 5.47. The Morgan fingerprint density at radius 3 is 2.41 bits per heavy atom. The van der Waals surface area contributed by atoms with Gasteiger partial charge in [0.2, 0.25) is 5.88 Å². The summed E-state index contributed by atoms with van der Waals surface area (Å²) >= 11 is 6.05. The monoisotopic (exact) mass is 457 g/mol. The predicted octanol–water partition coefficient (Wildman–Crippen LogP) is 5.23. The second-order valence-electron chi connectivity index (χ2n) is 8.01. The highest BCUT2D eigenvalue weighted by Crippen LogP contribution is 2.32. The van der Waals surface area contributed by atoms with Crippen LogP contribution in [0.15, 0.2) is 54.6 Å². The number of hydrogen-bond donors (Lipinski definition) is 1. The van der Waals surface area contributed by atoms with Gasteiger partial charge in [0.1, 0.15) is 5.75 Å². The third-order valence-electron chi connectivity index (χ3n) is 5.22. The Morgan fingerprint density at radius 1 is 1.09 bits per heavy atom. The van der Waals surface area contributed by atoms with Crippen LogP contribution in [0.2, 0.25) is 5.02 Å². The number of aliphatic hydroxyl groups is 1. The maximum absolute atomic E-state index is 10.4. The van der Waals surface area contributed by atoms with Crippen LogP contribution in [0.4, 0.5) is 0 Å². The van der Waals surface area contributed by atoms with Crippen molar-refractivity contribution in [2.24, 2.45) is 0 Å². The summed E-state index contributed by atoms with van der Waals surface area (Å²) in [5.41, 5.74) is 2.77. The molecule has 0 saturated carbocycles. The molecule has 1 N–H and O–H groups in total. The van der Waals surface area contributed by atoms with Gasteiger partial charge < -0.3 is 14.6 Å². The lowest BCUT2D eigenvalue weighted by atomic mass is 10.2. The van der Waals surface area contributed by atoms with Crippen LogP contribution in [0.5, 0.6) is 11.6 Å². The number of aryl methyl sites for hydroxylation is 1. The number of benzene rings is 2. The average Bonchev–Trinajstić information content (AvgIpc) is 3.09. The maximum atomic E-state index is 10.4. The third kappa shape index (κ3) is 6.33. The zero-order chi connectivity index (χ0) is 23.1. The number of aromatic nitrogens is 2. The molecule has 0 spiro atoms. The maximum Gasteiger partial charge on any atom is 0.227 e. The smallest absolute Gasteiger partial charge is 0.227 e. The highest BCUT2D eigenvalue weighted by molar-refractivity contribution is 6.30. The number of halogens is 1. The zero-order valence-electron chi connectivity index (χ0n) is 19.2. The van der Waals surface area contributed by atoms with Gasteiger partial charge in [0, 0.05) is 30.8 Å². The van der Waals surface area contributed by atoms with Gasteiger partial charge in [0.15, 0.2) is 0 Å². The Kier molecular flexibility index (Phi) is 8.70. The predicted molar refractivity (Wildman–Crippen MR) is 128 cm³/mol. The molecule has 32 heavy (non-hydrogen) atoms. The molecule has 3 aromatic rings. The normalized spacial score (nSPS) is 12.5. The van der Waals surface area contributed by atoms with Gasteiger partial charge in [0.05, 0.1) is 29.7 Å². The molecule has 2 aromatic carbocycles. The lowest BCUT2D eigenvalue weighted by Gasteiger charge is -2.29. The molecule has 0 bridgehead atoms. The molecule has 6 nitrogen and oxygen atoms in total. The van der Waals surface area contributed by atoms with E-state index in [1.165, 1.54) is 0 Å². The first-order valence-electron chi connectivity index (χ1n) is 11.0. The number of hydrogen-bond acceptors (Lipinski definition) is 5. The van der Waals surface area contributed by atoms with Crippen molar-refractivity contribution in [3.05, 3.63) is 70.9 Å². The van der Waals surface area contributed by atoms with E-state index in [9.17, 15) is 5.11 Å². The fourth-order valence-corrected chi connectivity index (χ4v) is 3.55. The van der Waals surface area contributed by atoms with E-state index in [1.54, 1.807) is 12.1 Å². The molecular formula is C25H32ClN3O3. The number of ether oxygens (including phenoxy) is 2. The van der Waals surface area contributed by atoms with Crippen LogP contribution in [0.3, 0.4) is 0 Å². The van der Waals surface area contributed by atoms with Crippen molar-refractivity contribution in [3.8, 4) is 17.3 Å². The Labute approximate surface area is 195 Å². The van der Waals surface area contributed by atoms with E-state index >= 15 is 0 Å². The Balaban J connectivity index is 1.96. The van der Waals surface area contributed by atoms with Crippen LogP contribution in [-0.2, 0) is 11.3 Å². The Hall–Kier alpha value is -2.38. The quantitative estimate of drug-likeness (QED) is 0.427. The first kappa shape index (κ1) is 24.3. The van der Waals surface area contributed by atoms with Crippen LogP contribution in [-0.4, -0.2) is 51.7 Å². The highest BCUT2D eigenvalue weighted by Gasteiger charge is 2.24. The van der Waals surface area contributed by atoms with Crippen LogP contribution >= 0.6 is 11.6 Å². The van der Waals surface area contributed by atoms with Gasteiger partial charge in [-0.15, -0.1) is 0 Å². The molecule has 0 fully saturated rings. The topological polar surface area (TPSA) is 59.8 Å². The first-order chi connectivity index (χ1) is 15.4. The molecule has 0 saturated heterocycles. The van der Waals surface area contributed by atoms with Crippen LogP contribution < -0.4 is 4.74 Å². The molecule has 1 unspecified atom stereocenters. The Morgan fingerprint density at radius 2 is 1.78 bits per heavy atom. The summed E-state index contributed by atoms with van der Waals surface area (Å²) < 4.78 is 13.6. The van der Waals surface area contributed by atoms with E-state index in [-0.39, 0.29) is 6.04 Å². The van der Waals surface area contributed by atoms with Gasteiger partial charge >= 0.3 is 0 Å². The van der Waals surface area contributed by atoms with E-state index in [0.29, 0.717) is 43.0 Å². The second-order valence-corrected chi connectivity index (χ2v) is 8.45. The van der Waals surface area contributed by atoms with E-state index < -0.39 is 6.10 Å². The van der Waals surface area contributed by atoms with Crippen molar-refractivity contribution in [2.45, 2.75) is 46.4 Å². The Bertz CT molecular complexity index is 974. The summed E-state index contributed by atoms with van der Waals surface area (Å²) in [6, 6.07) is 17.4. The van der Waals surface area contributed by atoms with Gasteiger partial charge in [-0.3, -0.25) is 4.90 Å². The minimum absolute atomic E-state index is 0.217. The molecule has 0 amide bonds. The summed E-state index contributed by atoms with van der Waals surface area (Å²) in [7, 11) is 0. The standard InChI is InChI=1S/C25H32ClN3O3/c1-5-31-17-22(30)15-28(18(2)3)16-24-19(4)27-29(21-9-7-6-8-10-21)25(24)32-23-13-11-20(26)12-14-23/h6-14,18,22,30H,5,15-17H2,1-4H3. The van der Waals surface area contributed by atoms with E-state index in [1.807, 2.05) is 61.0 Å². The molecule has 0 aliphatic heterocycles. The summed E-state index contributed by atoms with van der Waals surface area (Å²) in [4.78, 5) is 2.21. The van der Waals surface area contributed by atoms with Gasteiger partial charge in [-0.1, -0.05) is 29.8 Å². The van der Waals surface area contributed by atoms with Gasteiger partial charge in [-0.2, -0.15) is 5.10 Å². The molecule has 1 atom stereocenters. The molecule has 1 heterocycles.